The second-order valence-electron chi connectivity index (χ2n) is 9.43. The smallest absolute Gasteiger partial charge is 0.389 e. The third kappa shape index (κ3) is 12.5. The van der Waals surface area contributed by atoms with Gasteiger partial charge in [-0.25, -0.2) is 9.59 Å². The number of urea groups is 1. The molecule has 10 nitrogen and oxygen atoms in total. The summed E-state index contributed by atoms with van der Waals surface area (Å²) in [5.41, 5.74) is 1.30. The Balaban J connectivity index is 1.98. The van der Waals surface area contributed by atoms with Crippen LogP contribution in [0.5, 0.6) is 5.75 Å². The van der Waals surface area contributed by atoms with Gasteiger partial charge in [0.15, 0.2) is 6.10 Å². The number of alkyl halides is 3. The van der Waals surface area contributed by atoms with E-state index in [4.69, 9.17) is 9.47 Å². The Kier molecular flexibility index (Phi) is 13.3. The average Bonchev–Trinajstić information content (AvgIpc) is 2.90. The van der Waals surface area contributed by atoms with E-state index < -0.39 is 35.6 Å². The van der Waals surface area contributed by atoms with Crippen LogP contribution in [0.1, 0.15) is 50.2 Å². The number of nitrogens with zero attached hydrogens (tertiary/aromatic N) is 2. The van der Waals surface area contributed by atoms with Crippen LogP contribution in [-0.4, -0.2) is 65.5 Å². The summed E-state index contributed by atoms with van der Waals surface area (Å²) in [5, 5.41) is 23.2. The first-order valence-electron chi connectivity index (χ1n) is 13.3. The molecule has 0 aliphatic heterocycles. The number of nitrogens with one attached hydrogen (secondary N) is 1. The van der Waals surface area contributed by atoms with Crippen LogP contribution < -0.4 is 10.1 Å². The third-order valence-electron chi connectivity index (χ3n) is 6.20. The number of anilines is 1. The molecule has 2 aromatic carbocycles. The minimum atomic E-state index is -4.20. The number of aryl methyl sites for hydroxylation is 1. The summed E-state index contributed by atoms with van der Waals surface area (Å²) in [5.74, 6) is -0.551. The van der Waals surface area contributed by atoms with Gasteiger partial charge in [0.25, 0.3) is 5.69 Å². The largest absolute Gasteiger partial charge is 0.492 e. The summed E-state index contributed by atoms with van der Waals surface area (Å²) in [6, 6.07) is 10.6. The summed E-state index contributed by atoms with van der Waals surface area (Å²) < 4.78 is 48.1. The van der Waals surface area contributed by atoms with Crippen molar-refractivity contribution < 1.29 is 42.3 Å². The molecule has 0 aliphatic carbocycles. The van der Waals surface area contributed by atoms with Gasteiger partial charge in [-0.05, 0) is 50.5 Å². The predicted molar refractivity (Wildman–Crippen MR) is 146 cm³/mol. The van der Waals surface area contributed by atoms with Crippen LogP contribution in [0.3, 0.4) is 0 Å². The van der Waals surface area contributed by atoms with Crippen molar-refractivity contribution in [3.05, 3.63) is 63.7 Å². The van der Waals surface area contributed by atoms with Crippen LogP contribution in [0, 0.1) is 17.0 Å². The molecule has 13 heteroatoms. The molecule has 0 aliphatic rings. The minimum Gasteiger partial charge on any atom is -0.492 e. The molecule has 0 heterocycles. The maximum atomic E-state index is 13.0. The molecule has 0 spiro atoms. The van der Waals surface area contributed by atoms with Gasteiger partial charge >= 0.3 is 18.2 Å². The first-order chi connectivity index (χ1) is 19.4. The number of halogens is 3. The molecule has 0 saturated carbocycles. The first-order valence-corrected chi connectivity index (χ1v) is 13.3. The lowest BCUT2D eigenvalue weighted by Crippen LogP contribution is -2.38. The Labute approximate surface area is 236 Å². The third-order valence-corrected chi connectivity index (χ3v) is 6.20. The molecule has 1 unspecified atom stereocenters. The van der Waals surface area contributed by atoms with Gasteiger partial charge in [0.05, 0.1) is 11.5 Å². The normalized spacial score (nSPS) is 12.0. The molecule has 2 N–H and O–H groups in total. The van der Waals surface area contributed by atoms with Gasteiger partial charge in [-0.2, -0.15) is 13.2 Å². The molecule has 0 bridgehead atoms. The Bertz CT molecular complexity index is 1140. The highest BCUT2D eigenvalue weighted by molar-refractivity contribution is 5.89. The fourth-order valence-corrected chi connectivity index (χ4v) is 4.01. The van der Waals surface area contributed by atoms with Gasteiger partial charge in [-0.3, -0.25) is 10.1 Å². The number of carbonyl (C=O) groups is 2. The van der Waals surface area contributed by atoms with Gasteiger partial charge < -0.3 is 24.8 Å². The van der Waals surface area contributed by atoms with E-state index in [0.29, 0.717) is 30.6 Å². The fourth-order valence-electron chi connectivity index (χ4n) is 4.01. The molecule has 2 rings (SSSR count). The van der Waals surface area contributed by atoms with Gasteiger partial charge in [0, 0.05) is 43.3 Å². The Morgan fingerprint density at radius 2 is 1.76 bits per heavy atom. The maximum Gasteiger partial charge on any atom is 0.389 e. The minimum absolute atomic E-state index is 0.0135. The van der Waals surface area contributed by atoms with E-state index in [2.05, 4.69) is 5.32 Å². The molecule has 0 fully saturated rings. The Morgan fingerprint density at radius 1 is 1.07 bits per heavy atom. The summed E-state index contributed by atoms with van der Waals surface area (Å²) in [7, 11) is 0. The highest BCUT2D eigenvalue weighted by Gasteiger charge is 2.26. The van der Waals surface area contributed by atoms with E-state index in [1.807, 2.05) is 0 Å². The van der Waals surface area contributed by atoms with Crippen LogP contribution in [-0.2, 0) is 16.0 Å². The molecule has 0 radical (unpaired) electrons. The summed E-state index contributed by atoms with van der Waals surface area (Å²) in [6.45, 7) is 4.08. The van der Waals surface area contributed by atoms with Crippen molar-refractivity contribution in [3.63, 3.8) is 0 Å². The highest BCUT2D eigenvalue weighted by Crippen LogP contribution is 2.24. The molecule has 2 aromatic rings. The standard InChI is InChI=1S/C28H36F3N3O7/c1-3-40-25(26(35)36)18-21-9-12-23(13-10-21)41-17-16-33(15-7-5-4-6-14-28(29,30)31)27(37)32-22-11-8-20(2)24(19-22)34(38)39/h8-13,19,25H,3-7,14-18H2,1-2H3,(H,32,37)(H,35,36). The molecule has 2 amide bonds. The van der Waals surface area contributed by atoms with E-state index in [1.54, 1.807) is 44.2 Å². The van der Waals surface area contributed by atoms with Crippen LogP contribution >= 0.6 is 0 Å². The van der Waals surface area contributed by atoms with Gasteiger partial charge in [0.1, 0.15) is 12.4 Å². The average molecular weight is 584 g/mol. The fraction of sp³-hybridized carbons (Fsp3) is 0.500. The molecule has 1 atom stereocenters. The molecule has 0 aromatic heterocycles. The SMILES string of the molecule is CCOC(Cc1ccc(OCCN(CCCCCCC(F)(F)F)C(=O)Nc2ccc(C)c([N+](=O)[O-])c2)cc1)C(=O)O. The zero-order valence-corrected chi connectivity index (χ0v) is 23.1. The lowest BCUT2D eigenvalue weighted by atomic mass is 10.1. The number of benzene rings is 2. The second kappa shape index (κ2) is 16.4. The van der Waals surface area contributed by atoms with E-state index in [9.17, 15) is 38.0 Å². The van der Waals surface area contributed by atoms with Gasteiger partial charge in [-0.15, -0.1) is 0 Å². The number of amides is 2. The number of carboxylic acids is 1. The van der Waals surface area contributed by atoms with Crippen LogP contribution in [0.25, 0.3) is 0 Å². The lowest BCUT2D eigenvalue weighted by Gasteiger charge is -2.23. The second-order valence-corrected chi connectivity index (χ2v) is 9.43. The monoisotopic (exact) mass is 583 g/mol. The van der Waals surface area contributed by atoms with E-state index >= 15 is 0 Å². The molecular formula is C28H36F3N3O7. The summed E-state index contributed by atoms with van der Waals surface area (Å²) in [6.07, 6.45) is -4.46. The van der Waals surface area contributed by atoms with Crippen molar-refractivity contribution in [1.82, 2.24) is 4.90 Å². The van der Waals surface area contributed by atoms with Gasteiger partial charge in [-0.1, -0.05) is 31.0 Å². The van der Waals surface area contributed by atoms with E-state index in [-0.39, 0.29) is 50.5 Å². The zero-order valence-electron chi connectivity index (χ0n) is 23.1. The van der Waals surface area contributed by atoms with Gasteiger partial charge in [0.2, 0.25) is 0 Å². The topological polar surface area (TPSA) is 131 Å². The maximum absolute atomic E-state index is 13.0. The zero-order chi connectivity index (χ0) is 30.4. The number of ether oxygens (including phenoxy) is 2. The lowest BCUT2D eigenvalue weighted by molar-refractivity contribution is -0.385. The summed E-state index contributed by atoms with van der Waals surface area (Å²) in [4.78, 5) is 36.5. The van der Waals surface area contributed by atoms with Crippen molar-refractivity contribution in [2.24, 2.45) is 0 Å². The van der Waals surface area contributed by atoms with E-state index in [1.165, 1.54) is 17.0 Å². The van der Waals surface area contributed by atoms with Crippen molar-refractivity contribution in [2.75, 3.05) is 31.6 Å². The number of rotatable bonds is 17. The predicted octanol–water partition coefficient (Wildman–Crippen LogP) is 6.36. The molecule has 41 heavy (non-hydrogen) atoms. The highest BCUT2D eigenvalue weighted by atomic mass is 19.4. The number of nitro benzene ring substituents is 1. The summed E-state index contributed by atoms with van der Waals surface area (Å²) >= 11 is 0. The van der Waals surface area contributed by atoms with Crippen LogP contribution in [0.2, 0.25) is 0 Å². The molecule has 226 valence electrons. The molecular weight excluding hydrogens is 547 g/mol. The first kappa shape index (κ1) is 33.3. The number of nitro groups is 1. The Morgan fingerprint density at radius 3 is 2.37 bits per heavy atom. The van der Waals surface area contributed by atoms with Crippen molar-refractivity contribution in [1.29, 1.82) is 0 Å². The van der Waals surface area contributed by atoms with Crippen LogP contribution in [0.4, 0.5) is 29.3 Å². The number of aliphatic carboxylic acids is 1. The Hall–Kier alpha value is -3.87. The number of carboxylic acid groups (broad SMARTS) is 1. The quantitative estimate of drug-likeness (QED) is 0.126. The van der Waals surface area contributed by atoms with Crippen LogP contribution in [0.15, 0.2) is 42.5 Å². The number of hydrogen-bond acceptors (Lipinski definition) is 6. The number of hydrogen-bond donors (Lipinski definition) is 2. The van der Waals surface area contributed by atoms with Crippen molar-refractivity contribution in [3.8, 4) is 5.75 Å². The number of carbonyl (C=O) groups excluding carboxylic acids is 1. The number of unbranched alkanes of at least 4 members (excludes halogenated alkanes) is 3. The van der Waals surface area contributed by atoms with Crippen molar-refractivity contribution in [2.45, 2.75) is 64.7 Å². The van der Waals surface area contributed by atoms with Crippen molar-refractivity contribution >= 4 is 23.4 Å². The van der Waals surface area contributed by atoms with E-state index in [0.717, 1.165) is 5.56 Å². The molecule has 0 saturated heterocycles.